The zero-order valence-electron chi connectivity index (χ0n) is 12.6. The number of urea groups is 1. The normalized spacial score (nSPS) is 22.2. The molecular weight excluding hydrogens is 284 g/mol. The Morgan fingerprint density at radius 3 is 2.95 bits per heavy atom. The van der Waals surface area contributed by atoms with Crippen LogP contribution in [0, 0.1) is 6.92 Å². The third-order valence-electron chi connectivity index (χ3n) is 4.11. The van der Waals surface area contributed by atoms with E-state index < -0.39 is 6.10 Å². The largest absolute Gasteiger partial charge is 0.491 e. The smallest absolute Gasteiger partial charge is 0.327 e. The van der Waals surface area contributed by atoms with E-state index in [4.69, 9.17) is 4.74 Å². The standard InChI is InChI=1S/C16H20N2O4/c1-11-4-2-5-13(8-11)22-10-12(19)9-18-15(20)14-6-3-7-17(14)16(18)21/h2,4-5,8,12,14,19H,3,6-7,9-10H2,1H3/t12-,14-/m0/s1. The Morgan fingerprint density at radius 1 is 1.41 bits per heavy atom. The number of rotatable bonds is 5. The average Bonchev–Trinajstić information content (AvgIpc) is 3.05. The molecule has 0 spiro atoms. The maximum Gasteiger partial charge on any atom is 0.327 e. The van der Waals surface area contributed by atoms with Crippen LogP contribution in [0.5, 0.6) is 5.75 Å². The van der Waals surface area contributed by atoms with Gasteiger partial charge in [0, 0.05) is 6.54 Å². The van der Waals surface area contributed by atoms with Gasteiger partial charge in [-0.15, -0.1) is 0 Å². The Hall–Kier alpha value is -2.08. The summed E-state index contributed by atoms with van der Waals surface area (Å²) >= 11 is 0. The number of aliphatic hydroxyl groups is 1. The zero-order chi connectivity index (χ0) is 15.7. The van der Waals surface area contributed by atoms with E-state index in [1.54, 1.807) is 4.90 Å². The Morgan fingerprint density at radius 2 is 2.23 bits per heavy atom. The molecule has 22 heavy (non-hydrogen) atoms. The molecule has 1 aromatic carbocycles. The molecule has 2 aliphatic heterocycles. The van der Waals surface area contributed by atoms with Gasteiger partial charge >= 0.3 is 6.03 Å². The molecule has 2 atom stereocenters. The van der Waals surface area contributed by atoms with Crippen molar-refractivity contribution in [1.82, 2.24) is 9.80 Å². The van der Waals surface area contributed by atoms with Crippen LogP contribution in [0.3, 0.4) is 0 Å². The van der Waals surface area contributed by atoms with Gasteiger partial charge in [0.15, 0.2) is 0 Å². The lowest BCUT2D eigenvalue weighted by atomic mass is 10.2. The van der Waals surface area contributed by atoms with Gasteiger partial charge in [0.25, 0.3) is 5.91 Å². The quantitative estimate of drug-likeness (QED) is 0.829. The van der Waals surface area contributed by atoms with Crippen molar-refractivity contribution in [3.05, 3.63) is 29.8 Å². The molecule has 2 aliphatic rings. The van der Waals surface area contributed by atoms with E-state index in [-0.39, 0.29) is 31.1 Å². The molecule has 0 unspecified atom stereocenters. The number of fused-ring (bicyclic) bond motifs is 1. The number of hydrogen-bond donors (Lipinski definition) is 1. The number of carbonyl (C=O) groups is 2. The van der Waals surface area contributed by atoms with E-state index in [2.05, 4.69) is 0 Å². The minimum absolute atomic E-state index is 0.0174. The number of benzene rings is 1. The van der Waals surface area contributed by atoms with Crippen molar-refractivity contribution in [3.63, 3.8) is 0 Å². The number of hydrogen-bond acceptors (Lipinski definition) is 4. The summed E-state index contributed by atoms with van der Waals surface area (Å²) in [5.74, 6) is 0.468. The van der Waals surface area contributed by atoms with Crippen molar-refractivity contribution in [1.29, 1.82) is 0 Å². The summed E-state index contributed by atoms with van der Waals surface area (Å²) in [5, 5.41) is 10.0. The summed E-state index contributed by atoms with van der Waals surface area (Å²) in [5.41, 5.74) is 1.07. The summed E-state index contributed by atoms with van der Waals surface area (Å²) in [4.78, 5) is 27.0. The minimum atomic E-state index is -0.895. The minimum Gasteiger partial charge on any atom is -0.491 e. The maximum atomic E-state index is 12.2. The van der Waals surface area contributed by atoms with Crippen molar-refractivity contribution >= 4 is 11.9 Å². The van der Waals surface area contributed by atoms with Crippen LogP contribution < -0.4 is 4.74 Å². The first kappa shape index (κ1) is 14.8. The van der Waals surface area contributed by atoms with Gasteiger partial charge in [-0.05, 0) is 37.5 Å². The molecule has 0 bridgehead atoms. The number of imide groups is 1. The van der Waals surface area contributed by atoms with Crippen LogP contribution in [0.15, 0.2) is 24.3 Å². The van der Waals surface area contributed by atoms with Crippen LogP contribution in [-0.4, -0.2) is 58.7 Å². The molecule has 0 aliphatic carbocycles. The highest BCUT2D eigenvalue weighted by Crippen LogP contribution is 2.27. The van der Waals surface area contributed by atoms with Gasteiger partial charge in [-0.2, -0.15) is 0 Å². The van der Waals surface area contributed by atoms with E-state index in [9.17, 15) is 14.7 Å². The van der Waals surface area contributed by atoms with Gasteiger partial charge in [0.05, 0.1) is 6.54 Å². The van der Waals surface area contributed by atoms with Gasteiger partial charge < -0.3 is 14.7 Å². The van der Waals surface area contributed by atoms with Crippen LogP contribution in [0.2, 0.25) is 0 Å². The SMILES string of the molecule is Cc1cccc(OC[C@@H](O)CN2C(=O)[C@@H]3CCCN3C2=O)c1. The number of ether oxygens (including phenoxy) is 1. The molecule has 2 fully saturated rings. The molecule has 6 nitrogen and oxygen atoms in total. The number of aliphatic hydroxyl groups excluding tert-OH is 1. The molecule has 0 radical (unpaired) electrons. The summed E-state index contributed by atoms with van der Waals surface area (Å²) in [7, 11) is 0. The van der Waals surface area contributed by atoms with Crippen LogP contribution >= 0.6 is 0 Å². The first-order valence-electron chi connectivity index (χ1n) is 7.56. The molecule has 6 heteroatoms. The molecule has 3 rings (SSSR count). The lowest BCUT2D eigenvalue weighted by molar-refractivity contribution is -0.129. The molecule has 1 N–H and O–H groups in total. The number of β-amino-alcohol motifs (C(OH)–C–C–N with tert-alkyl or cyclic N) is 1. The summed E-state index contributed by atoms with van der Waals surface area (Å²) in [6.07, 6.45) is 0.694. The first-order valence-corrected chi connectivity index (χ1v) is 7.56. The molecular formula is C16H20N2O4. The van der Waals surface area contributed by atoms with E-state index in [1.807, 2.05) is 31.2 Å². The summed E-state index contributed by atoms with van der Waals surface area (Å²) in [6, 6.07) is 6.90. The maximum absolute atomic E-state index is 12.2. The van der Waals surface area contributed by atoms with Gasteiger partial charge in [-0.25, -0.2) is 4.79 Å². The predicted octanol–water partition coefficient (Wildman–Crippen LogP) is 1.16. The Labute approximate surface area is 129 Å². The molecule has 0 saturated carbocycles. The van der Waals surface area contributed by atoms with Crippen molar-refractivity contribution in [2.24, 2.45) is 0 Å². The zero-order valence-corrected chi connectivity index (χ0v) is 12.6. The third kappa shape index (κ3) is 2.78. The number of nitrogens with zero attached hydrogens (tertiary/aromatic N) is 2. The lowest BCUT2D eigenvalue weighted by Gasteiger charge is -2.19. The molecule has 118 valence electrons. The van der Waals surface area contributed by atoms with E-state index >= 15 is 0 Å². The second-order valence-corrected chi connectivity index (χ2v) is 5.86. The average molecular weight is 304 g/mol. The number of amides is 3. The highest BCUT2D eigenvalue weighted by Gasteiger charge is 2.47. The fourth-order valence-corrected chi connectivity index (χ4v) is 3.01. The summed E-state index contributed by atoms with van der Waals surface area (Å²) < 4.78 is 5.51. The second kappa shape index (κ2) is 5.96. The van der Waals surface area contributed by atoms with Crippen LogP contribution in [0.1, 0.15) is 18.4 Å². The molecule has 1 aromatic rings. The molecule has 2 heterocycles. The molecule has 3 amide bonds. The van der Waals surface area contributed by atoms with Crippen LogP contribution in [0.4, 0.5) is 4.79 Å². The Bertz CT molecular complexity index is 567. The van der Waals surface area contributed by atoms with Gasteiger partial charge in [0.2, 0.25) is 0 Å². The van der Waals surface area contributed by atoms with Gasteiger partial charge in [-0.3, -0.25) is 9.69 Å². The van der Waals surface area contributed by atoms with Crippen molar-refractivity contribution in [3.8, 4) is 5.75 Å². The predicted molar refractivity (Wildman–Crippen MR) is 79.5 cm³/mol. The monoisotopic (exact) mass is 304 g/mol. The lowest BCUT2D eigenvalue weighted by Crippen LogP contribution is -2.41. The number of aryl methyl sites for hydroxylation is 1. The summed E-state index contributed by atoms with van der Waals surface area (Å²) in [6.45, 7) is 2.61. The fourth-order valence-electron chi connectivity index (χ4n) is 3.01. The Balaban J connectivity index is 1.55. The molecule has 0 aromatic heterocycles. The highest BCUT2D eigenvalue weighted by atomic mass is 16.5. The second-order valence-electron chi connectivity index (χ2n) is 5.86. The third-order valence-corrected chi connectivity index (χ3v) is 4.11. The fraction of sp³-hybridized carbons (Fsp3) is 0.500. The number of carbonyl (C=O) groups excluding carboxylic acids is 2. The first-order chi connectivity index (χ1) is 10.6. The Kier molecular flexibility index (Phi) is 4.02. The van der Waals surface area contributed by atoms with E-state index in [1.165, 1.54) is 0 Å². The van der Waals surface area contributed by atoms with Crippen molar-refractivity contribution in [2.45, 2.75) is 31.9 Å². The van der Waals surface area contributed by atoms with Crippen molar-refractivity contribution < 1.29 is 19.4 Å². The van der Waals surface area contributed by atoms with Crippen LogP contribution in [0.25, 0.3) is 0 Å². The van der Waals surface area contributed by atoms with E-state index in [0.29, 0.717) is 12.3 Å². The highest BCUT2D eigenvalue weighted by molar-refractivity contribution is 6.04. The van der Waals surface area contributed by atoms with Crippen LogP contribution in [-0.2, 0) is 4.79 Å². The van der Waals surface area contributed by atoms with Gasteiger partial charge in [0.1, 0.15) is 24.5 Å². The topological polar surface area (TPSA) is 70.1 Å². The van der Waals surface area contributed by atoms with E-state index in [0.717, 1.165) is 23.3 Å². The van der Waals surface area contributed by atoms with Crippen molar-refractivity contribution in [2.75, 3.05) is 19.7 Å². The van der Waals surface area contributed by atoms with Gasteiger partial charge in [-0.1, -0.05) is 12.1 Å². The molecule has 2 saturated heterocycles.